The van der Waals surface area contributed by atoms with E-state index in [0.29, 0.717) is 24.2 Å². The number of carbonyl (C=O) groups is 1. The predicted octanol–water partition coefficient (Wildman–Crippen LogP) is 1.86. The summed E-state index contributed by atoms with van der Waals surface area (Å²) in [6.45, 7) is 0. The normalized spacial score (nSPS) is 16.6. The maximum Gasteiger partial charge on any atom is 0.303 e. The van der Waals surface area contributed by atoms with Gasteiger partial charge in [0.25, 0.3) is 0 Å². The van der Waals surface area contributed by atoms with Crippen molar-refractivity contribution in [2.24, 2.45) is 5.41 Å². The molecular formula is C14H18O5S. The first-order valence-electron chi connectivity index (χ1n) is 6.40. The number of sulfone groups is 1. The number of rotatable bonds is 7. The maximum atomic E-state index is 12.3. The van der Waals surface area contributed by atoms with E-state index in [1.165, 1.54) is 7.11 Å². The summed E-state index contributed by atoms with van der Waals surface area (Å²) in [5, 5.41) is 8.84. The van der Waals surface area contributed by atoms with Gasteiger partial charge in [0, 0.05) is 5.56 Å². The number of aliphatic carboxylic acids is 1. The van der Waals surface area contributed by atoms with Gasteiger partial charge in [-0.25, -0.2) is 8.42 Å². The van der Waals surface area contributed by atoms with Gasteiger partial charge in [-0.1, -0.05) is 18.2 Å². The molecule has 0 saturated heterocycles. The van der Waals surface area contributed by atoms with Crippen LogP contribution < -0.4 is 4.74 Å². The zero-order valence-corrected chi connectivity index (χ0v) is 12.1. The Bertz CT molecular complexity index is 602. The van der Waals surface area contributed by atoms with E-state index in [1.807, 2.05) is 0 Å². The number of ether oxygens (including phenoxy) is 1. The van der Waals surface area contributed by atoms with E-state index >= 15 is 0 Å². The van der Waals surface area contributed by atoms with Crippen LogP contribution in [0, 0.1) is 5.41 Å². The molecule has 6 heteroatoms. The van der Waals surface area contributed by atoms with E-state index < -0.39 is 21.2 Å². The van der Waals surface area contributed by atoms with Crippen molar-refractivity contribution in [1.82, 2.24) is 0 Å². The number of methoxy groups -OCH3 is 1. The van der Waals surface area contributed by atoms with E-state index in [0.717, 1.165) is 0 Å². The minimum absolute atomic E-state index is 0.0651. The van der Waals surface area contributed by atoms with Gasteiger partial charge < -0.3 is 9.84 Å². The molecule has 0 unspecified atom stereocenters. The fourth-order valence-corrected chi connectivity index (χ4v) is 4.58. The minimum Gasteiger partial charge on any atom is -0.496 e. The average Bonchev–Trinajstić information content (AvgIpc) is 3.06. The largest absolute Gasteiger partial charge is 0.496 e. The third kappa shape index (κ3) is 3.72. The summed E-state index contributed by atoms with van der Waals surface area (Å²) in [5.41, 5.74) is 0.0632. The van der Waals surface area contributed by atoms with Crippen molar-refractivity contribution in [3.05, 3.63) is 29.8 Å². The van der Waals surface area contributed by atoms with Crippen molar-refractivity contribution in [2.75, 3.05) is 12.9 Å². The first-order valence-corrected chi connectivity index (χ1v) is 8.22. The Labute approximate surface area is 118 Å². The number of benzene rings is 1. The van der Waals surface area contributed by atoms with Crippen molar-refractivity contribution in [3.63, 3.8) is 0 Å². The van der Waals surface area contributed by atoms with Crippen LogP contribution in [0.15, 0.2) is 24.3 Å². The maximum absolute atomic E-state index is 12.3. The van der Waals surface area contributed by atoms with Crippen LogP contribution >= 0.6 is 0 Å². The molecule has 1 aromatic carbocycles. The minimum atomic E-state index is -3.35. The molecule has 20 heavy (non-hydrogen) atoms. The molecule has 5 nitrogen and oxygen atoms in total. The van der Waals surface area contributed by atoms with Crippen LogP contribution in [0.1, 0.15) is 24.8 Å². The van der Waals surface area contributed by atoms with Gasteiger partial charge >= 0.3 is 5.97 Å². The summed E-state index contributed by atoms with van der Waals surface area (Å²) < 4.78 is 29.7. The van der Waals surface area contributed by atoms with Gasteiger partial charge in [-0.15, -0.1) is 0 Å². The lowest BCUT2D eigenvalue weighted by Crippen LogP contribution is -2.21. The first kappa shape index (κ1) is 14.8. The Morgan fingerprint density at radius 2 is 2.00 bits per heavy atom. The van der Waals surface area contributed by atoms with Crippen molar-refractivity contribution in [3.8, 4) is 5.75 Å². The smallest absolute Gasteiger partial charge is 0.303 e. The number of carboxylic acid groups (broad SMARTS) is 1. The van der Waals surface area contributed by atoms with E-state index in [1.54, 1.807) is 24.3 Å². The second kappa shape index (κ2) is 5.44. The Kier molecular flexibility index (Phi) is 4.04. The summed E-state index contributed by atoms with van der Waals surface area (Å²) in [4.78, 5) is 10.8. The molecule has 0 amide bonds. The molecule has 1 N–H and O–H groups in total. The van der Waals surface area contributed by atoms with Crippen LogP contribution in [-0.2, 0) is 20.4 Å². The first-order chi connectivity index (χ1) is 9.36. The van der Waals surface area contributed by atoms with Crippen LogP contribution in [-0.4, -0.2) is 32.4 Å². The van der Waals surface area contributed by atoms with Gasteiger partial charge in [0.1, 0.15) is 5.75 Å². The number of carboxylic acids is 1. The fourth-order valence-electron chi connectivity index (χ4n) is 2.45. The average molecular weight is 298 g/mol. The molecule has 0 atom stereocenters. The van der Waals surface area contributed by atoms with Crippen LogP contribution in [0.3, 0.4) is 0 Å². The standard InChI is InChI=1S/C14H18O5S/c1-19-12-5-3-2-4-11(12)9-20(17,18)10-14(6-7-14)8-13(15)16/h2-5H,6-10H2,1H3,(H,15,16). The topological polar surface area (TPSA) is 80.7 Å². The molecule has 0 spiro atoms. The van der Waals surface area contributed by atoms with Gasteiger partial charge in [0.2, 0.25) is 0 Å². The van der Waals surface area contributed by atoms with Gasteiger partial charge in [0.15, 0.2) is 9.84 Å². The highest BCUT2D eigenvalue weighted by atomic mass is 32.2. The Morgan fingerprint density at radius 3 is 2.55 bits per heavy atom. The van der Waals surface area contributed by atoms with Gasteiger partial charge in [-0.3, -0.25) is 4.79 Å². The monoisotopic (exact) mass is 298 g/mol. The molecule has 0 heterocycles. The summed E-state index contributed by atoms with van der Waals surface area (Å²) in [6.07, 6.45) is 1.27. The molecule has 2 rings (SSSR count). The van der Waals surface area contributed by atoms with Crippen molar-refractivity contribution in [2.45, 2.75) is 25.0 Å². The molecule has 110 valence electrons. The number of hydrogen-bond donors (Lipinski definition) is 1. The Balaban J connectivity index is 2.10. The Hall–Kier alpha value is -1.56. The van der Waals surface area contributed by atoms with Gasteiger partial charge in [-0.2, -0.15) is 0 Å². The fraction of sp³-hybridized carbons (Fsp3) is 0.500. The molecule has 0 bridgehead atoms. The van der Waals surface area contributed by atoms with E-state index in [4.69, 9.17) is 9.84 Å². The van der Waals surface area contributed by atoms with E-state index in [2.05, 4.69) is 0 Å². The van der Waals surface area contributed by atoms with Crippen LogP contribution in [0.2, 0.25) is 0 Å². The van der Waals surface area contributed by atoms with Gasteiger partial charge in [-0.05, 0) is 24.3 Å². The third-order valence-corrected chi connectivity index (χ3v) is 5.38. The lowest BCUT2D eigenvalue weighted by Gasteiger charge is -2.14. The quantitative estimate of drug-likeness (QED) is 0.831. The van der Waals surface area contributed by atoms with Crippen molar-refractivity contribution >= 4 is 15.8 Å². The molecular weight excluding hydrogens is 280 g/mol. The third-order valence-electron chi connectivity index (χ3n) is 3.58. The van der Waals surface area contributed by atoms with Crippen LogP contribution in [0.4, 0.5) is 0 Å². The summed E-state index contributed by atoms with van der Waals surface area (Å²) in [6, 6.07) is 6.97. The molecule has 0 radical (unpaired) electrons. The van der Waals surface area contributed by atoms with Crippen LogP contribution in [0.5, 0.6) is 5.75 Å². The lowest BCUT2D eigenvalue weighted by molar-refractivity contribution is -0.138. The van der Waals surface area contributed by atoms with E-state index in [9.17, 15) is 13.2 Å². The van der Waals surface area contributed by atoms with E-state index in [-0.39, 0.29) is 17.9 Å². The molecule has 1 saturated carbocycles. The Morgan fingerprint density at radius 1 is 1.35 bits per heavy atom. The summed E-state index contributed by atoms with van der Waals surface area (Å²) in [5.74, 6) is -0.572. The summed E-state index contributed by atoms with van der Waals surface area (Å²) in [7, 11) is -1.85. The van der Waals surface area contributed by atoms with Crippen molar-refractivity contribution < 1.29 is 23.1 Å². The molecule has 0 aromatic heterocycles. The zero-order valence-electron chi connectivity index (χ0n) is 11.3. The van der Waals surface area contributed by atoms with Crippen molar-refractivity contribution in [1.29, 1.82) is 0 Å². The second-order valence-corrected chi connectivity index (χ2v) is 7.48. The highest BCUT2D eigenvalue weighted by Gasteiger charge is 2.47. The predicted molar refractivity (Wildman–Crippen MR) is 74.4 cm³/mol. The zero-order chi connectivity index (χ0) is 14.8. The molecule has 1 aromatic rings. The SMILES string of the molecule is COc1ccccc1CS(=O)(=O)CC1(CC(=O)O)CC1. The molecule has 1 aliphatic rings. The second-order valence-electron chi connectivity index (χ2n) is 5.41. The number of para-hydroxylation sites is 1. The lowest BCUT2D eigenvalue weighted by atomic mass is 10.1. The highest BCUT2D eigenvalue weighted by molar-refractivity contribution is 7.90. The molecule has 0 aliphatic heterocycles. The van der Waals surface area contributed by atoms with Crippen LogP contribution in [0.25, 0.3) is 0 Å². The summed E-state index contributed by atoms with van der Waals surface area (Å²) >= 11 is 0. The highest BCUT2D eigenvalue weighted by Crippen LogP contribution is 2.50. The molecule has 1 aliphatic carbocycles. The van der Waals surface area contributed by atoms with Gasteiger partial charge in [0.05, 0.1) is 25.0 Å². The number of hydrogen-bond acceptors (Lipinski definition) is 4. The molecule has 1 fully saturated rings.